The zero-order chi connectivity index (χ0) is 20.8. The number of fused-ring (bicyclic) bond motifs is 4. The van der Waals surface area contributed by atoms with Gasteiger partial charge in [0.25, 0.3) is 0 Å². The molecule has 152 valence electrons. The summed E-state index contributed by atoms with van der Waals surface area (Å²) in [5.41, 5.74) is 17.4. The Kier molecular flexibility index (Phi) is 4.40. The Morgan fingerprint density at radius 3 is 2.55 bits per heavy atom. The van der Waals surface area contributed by atoms with Gasteiger partial charge in [0, 0.05) is 22.3 Å². The van der Waals surface area contributed by atoms with Crippen molar-refractivity contribution in [3.05, 3.63) is 112 Å². The third kappa shape index (κ3) is 2.98. The largest absolute Gasteiger partial charge is 0.321 e. The standard InChI is InChI=1S/C29H26N2/c30-29(20-9-2-1-3-10-20)22-17-18-23-21(19-22)11-8-16-26(23)31-27-14-6-4-12-24(27)25-13-5-7-15-28(25)31/h1-6,8-14,16,19,29H,7,15,17-18,30H2. The molecule has 2 aliphatic rings. The molecule has 1 unspecified atom stereocenters. The van der Waals surface area contributed by atoms with Crippen molar-refractivity contribution in [2.75, 3.05) is 0 Å². The van der Waals surface area contributed by atoms with Crippen molar-refractivity contribution in [1.29, 1.82) is 0 Å². The molecule has 0 saturated carbocycles. The fourth-order valence-electron chi connectivity index (χ4n) is 5.32. The summed E-state index contributed by atoms with van der Waals surface area (Å²) in [5.74, 6) is 0. The monoisotopic (exact) mass is 402 g/mol. The third-order valence-electron chi connectivity index (χ3n) is 6.84. The number of nitrogens with zero attached hydrogens (tertiary/aromatic N) is 1. The van der Waals surface area contributed by atoms with E-state index in [0.717, 1.165) is 25.7 Å². The van der Waals surface area contributed by atoms with E-state index < -0.39 is 0 Å². The third-order valence-corrected chi connectivity index (χ3v) is 6.84. The van der Waals surface area contributed by atoms with Crippen molar-refractivity contribution in [3.63, 3.8) is 0 Å². The van der Waals surface area contributed by atoms with Gasteiger partial charge in [-0.1, -0.05) is 78.9 Å². The number of rotatable bonds is 3. The molecule has 4 aromatic rings. The molecule has 2 aliphatic carbocycles. The molecule has 0 bridgehead atoms. The smallest absolute Gasteiger partial charge is 0.0537 e. The highest BCUT2D eigenvalue weighted by molar-refractivity contribution is 5.93. The van der Waals surface area contributed by atoms with Gasteiger partial charge < -0.3 is 10.3 Å². The van der Waals surface area contributed by atoms with Crippen LogP contribution in [0.1, 0.15) is 46.8 Å². The van der Waals surface area contributed by atoms with Crippen LogP contribution in [0.4, 0.5) is 0 Å². The molecule has 2 nitrogen and oxygen atoms in total. The average molecular weight is 403 g/mol. The van der Waals surface area contributed by atoms with Crippen LogP contribution in [0.5, 0.6) is 0 Å². The van der Waals surface area contributed by atoms with Crippen LogP contribution >= 0.6 is 0 Å². The van der Waals surface area contributed by atoms with Crippen molar-refractivity contribution in [2.24, 2.45) is 5.73 Å². The van der Waals surface area contributed by atoms with E-state index in [4.69, 9.17) is 5.73 Å². The molecular weight excluding hydrogens is 376 g/mol. The summed E-state index contributed by atoms with van der Waals surface area (Å²) in [4.78, 5) is 0. The molecule has 0 amide bonds. The zero-order valence-corrected chi connectivity index (χ0v) is 17.6. The Morgan fingerprint density at radius 2 is 1.65 bits per heavy atom. The minimum absolute atomic E-state index is 0.0386. The van der Waals surface area contributed by atoms with Gasteiger partial charge in [0.1, 0.15) is 0 Å². The molecular formula is C29H26N2. The van der Waals surface area contributed by atoms with E-state index in [-0.39, 0.29) is 6.04 Å². The summed E-state index contributed by atoms with van der Waals surface area (Å²) in [6.45, 7) is 0. The highest BCUT2D eigenvalue weighted by Crippen LogP contribution is 2.38. The second-order valence-corrected chi connectivity index (χ2v) is 8.61. The van der Waals surface area contributed by atoms with Gasteiger partial charge >= 0.3 is 0 Å². The van der Waals surface area contributed by atoms with E-state index in [1.54, 1.807) is 0 Å². The topological polar surface area (TPSA) is 30.9 Å². The molecule has 6 rings (SSSR count). The first kappa shape index (κ1) is 18.4. The van der Waals surface area contributed by atoms with Gasteiger partial charge in [-0.15, -0.1) is 0 Å². The second kappa shape index (κ2) is 7.40. The Hall–Kier alpha value is -3.36. The maximum absolute atomic E-state index is 6.64. The minimum atomic E-state index is -0.0386. The molecule has 2 N–H and O–H groups in total. The van der Waals surface area contributed by atoms with Gasteiger partial charge in [-0.05, 0) is 60.1 Å². The quantitative estimate of drug-likeness (QED) is 0.410. The summed E-state index contributed by atoms with van der Waals surface area (Å²) in [7, 11) is 0. The SMILES string of the molecule is NC(C1=Cc2cccc(-n3c4c(c5ccccc53)C=CCC4)c2CC1)c1ccccc1. The van der Waals surface area contributed by atoms with Crippen LogP contribution in [-0.2, 0) is 12.8 Å². The van der Waals surface area contributed by atoms with Gasteiger partial charge in [-0.25, -0.2) is 0 Å². The lowest BCUT2D eigenvalue weighted by molar-refractivity contribution is 0.762. The predicted molar refractivity (Wildman–Crippen MR) is 130 cm³/mol. The molecule has 1 heterocycles. The Labute approximate surface area is 183 Å². The molecule has 1 aromatic heterocycles. The maximum Gasteiger partial charge on any atom is 0.0537 e. The normalized spacial score (nSPS) is 16.0. The first-order valence-electron chi connectivity index (χ1n) is 11.2. The van der Waals surface area contributed by atoms with Crippen LogP contribution < -0.4 is 5.73 Å². The van der Waals surface area contributed by atoms with E-state index in [0.29, 0.717) is 0 Å². The summed E-state index contributed by atoms with van der Waals surface area (Å²) < 4.78 is 2.52. The maximum atomic E-state index is 6.64. The number of hydrogen-bond donors (Lipinski definition) is 1. The van der Waals surface area contributed by atoms with Crippen molar-refractivity contribution in [1.82, 2.24) is 4.57 Å². The fourth-order valence-corrected chi connectivity index (χ4v) is 5.32. The van der Waals surface area contributed by atoms with Crippen molar-refractivity contribution in [3.8, 4) is 5.69 Å². The Morgan fingerprint density at radius 1 is 0.806 bits per heavy atom. The Balaban J connectivity index is 1.50. The zero-order valence-electron chi connectivity index (χ0n) is 17.6. The minimum Gasteiger partial charge on any atom is -0.321 e. The molecule has 1 atom stereocenters. The van der Waals surface area contributed by atoms with Crippen molar-refractivity contribution in [2.45, 2.75) is 31.7 Å². The molecule has 0 aliphatic heterocycles. The van der Waals surface area contributed by atoms with Crippen LogP contribution in [-0.4, -0.2) is 4.57 Å². The Bertz CT molecular complexity index is 1340. The highest BCUT2D eigenvalue weighted by Gasteiger charge is 2.23. The van der Waals surface area contributed by atoms with Gasteiger partial charge in [0.15, 0.2) is 0 Å². The van der Waals surface area contributed by atoms with Crippen LogP contribution in [0.3, 0.4) is 0 Å². The number of hydrogen-bond acceptors (Lipinski definition) is 1. The molecule has 0 saturated heterocycles. The lowest BCUT2D eigenvalue weighted by Gasteiger charge is -2.25. The number of para-hydroxylation sites is 1. The van der Waals surface area contributed by atoms with E-state index in [1.807, 2.05) is 6.07 Å². The summed E-state index contributed by atoms with van der Waals surface area (Å²) in [5, 5.41) is 1.35. The van der Waals surface area contributed by atoms with E-state index in [1.165, 1.54) is 50.1 Å². The molecule has 0 fully saturated rings. The molecule has 0 spiro atoms. The summed E-state index contributed by atoms with van der Waals surface area (Å²) in [6, 6.07) is 26.0. The first-order valence-corrected chi connectivity index (χ1v) is 11.2. The van der Waals surface area contributed by atoms with Gasteiger partial charge in [-0.2, -0.15) is 0 Å². The van der Waals surface area contributed by atoms with Gasteiger partial charge in [0.2, 0.25) is 0 Å². The van der Waals surface area contributed by atoms with Crippen LogP contribution in [0, 0.1) is 0 Å². The van der Waals surface area contributed by atoms with Crippen LogP contribution in [0.15, 0.2) is 84.4 Å². The molecule has 31 heavy (non-hydrogen) atoms. The van der Waals surface area contributed by atoms with E-state index >= 15 is 0 Å². The number of allylic oxidation sites excluding steroid dienone is 1. The van der Waals surface area contributed by atoms with Crippen molar-refractivity contribution >= 4 is 23.1 Å². The lowest BCUT2D eigenvalue weighted by Crippen LogP contribution is -2.17. The highest BCUT2D eigenvalue weighted by atomic mass is 15.0. The fraction of sp³-hybridized carbons (Fsp3) is 0.172. The van der Waals surface area contributed by atoms with E-state index in [9.17, 15) is 0 Å². The number of nitrogens with two attached hydrogens (primary N) is 1. The summed E-state index contributed by atoms with van der Waals surface area (Å²) >= 11 is 0. The van der Waals surface area contributed by atoms with Gasteiger partial charge in [0.05, 0.1) is 11.6 Å². The van der Waals surface area contributed by atoms with Crippen LogP contribution in [0.25, 0.3) is 28.7 Å². The number of aromatic nitrogens is 1. The molecule has 3 aromatic carbocycles. The van der Waals surface area contributed by atoms with Crippen molar-refractivity contribution < 1.29 is 0 Å². The number of benzene rings is 3. The molecule has 2 heteroatoms. The lowest BCUT2D eigenvalue weighted by atomic mass is 9.85. The predicted octanol–water partition coefficient (Wildman–Crippen LogP) is 6.62. The summed E-state index contributed by atoms with van der Waals surface area (Å²) in [6.07, 6.45) is 11.2. The van der Waals surface area contributed by atoms with E-state index in [2.05, 4.69) is 89.5 Å². The first-order chi connectivity index (χ1) is 15.3. The van der Waals surface area contributed by atoms with Crippen LogP contribution in [0.2, 0.25) is 0 Å². The average Bonchev–Trinajstić information content (AvgIpc) is 3.18. The second-order valence-electron chi connectivity index (χ2n) is 8.61. The van der Waals surface area contributed by atoms with Gasteiger partial charge in [-0.3, -0.25) is 0 Å². The molecule has 0 radical (unpaired) electrons.